The molecule has 0 unspecified atom stereocenters. The van der Waals surface area contributed by atoms with Gasteiger partial charge in [0.2, 0.25) is 0 Å². The quantitative estimate of drug-likeness (QED) is 0.617. The number of carbonyl (C=O) groups excluding carboxylic acids is 1. The molecule has 0 aliphatic rings. The van der Waals surface area contributed by atoms with Crippen molar-refractivity contribution in [1.82, 2.24) is 4.90 Å². The Hall–Kier alpha value is -2.83. The fraction of sp³-hybridized carbons (Fsp3) is 0.136. The molecule has 0 aliphatic carbocycles. The molecule has 29 heavy (non-hydrogen) atoms. The number of benzene rings is 3. The first kappa shape index (κ1) is 20.9. The van der Waals surface area contributed by atoms with E-state index in [9.17, 15) is 13.2 Å². The highest BCUT2D eigenvalue weighted by Gasteiger charge is 2.20. The fourth-order valence-corrected chi connectivity index (χ4v) is 4.03. The van der Waals surface area contributed by atoms with Gasteiger partial charge in [-0.2, -0.15) is 0 Å². The zero-order valence-corrected chi connectivity index (χ0v) is 17.7. The van der Waals surface area contributed by atoms with E-state index in [0.29, 0.717) is 11.6 Å². The van der Waals surface area contributed by atoms with Crippen molar-refractivity contribution >= 4 is 33.2 Å². The average molecular weight is 429 g/mol. The van der Waals surface area contributed by atoms with Crippen LogP contribution in [-0.2, 0) is 16.6 Å². The highest BCUT2D eigenvalue weighted by Crippen LogP contribution is 2.22. The molecule has 150 valence electrons. The molecule has 3 rings (SSSR count). The molecule has 0 fully saturated rings. The Labute approximate surface area is 176 Å². The number of rotatable bonds is 6. The van der Waals surface area contributed by atoms with Crippen molar-refractivity contribution < 1.29 is 13.2 Å². The first-order valence-electron chi connectivity index (χ1n) is 8.95. The molecule has 1 amide bonds. The number of hydrogen-bond donors (Lipinski definition) is 1. The Morgan fingerprint density at radius 1 is 0.966 bits per heavy atom. The predicted octanol–water partition coefficient (Wildman–Crippen LogP) is 4.72. The third kappa shape index (κ3) is 5.16. The van der Waals surface area contributed by atoms with Crippen LogP contribution in [0.2, 0.25) is 5.02 Å². The number of halogens is 1. The summed E-state index contributed by atoms with van der Waals surface area (Å²) in [7, 11) is -2.14. The summed E-state index contributed by atoms with van der Waals surface area (Å²) < 4.78 is 28.0. The maximum atomic E-state index is 13.0. The van der Waals surface area contributed by atoms with Crippen LogP contribution in [0.15, 0.2) is 77.7 Å². The molecule has 0 aliphatic heterocycles. The van der Waals surface area contributed by atoms with Crippen LogP contribution in [0.3, 0.4) is 0 Å². The molecule has 3 aromatic carbocycles. The van der Waals surface area contributed by atoms with E-state index in [-0.39, 0.29) is 22.1 Å². The second-order valence-electron chi connectivity index (χ2n) is 6.75. The summed E-state index contributed by atoms with van der Waals surface area (Å²) in [5.41, 5.74) is 2.40. The van der Waals surface area contributed by atoms with Crippen LogP contribution in [0.4, 0.5) is 5.69 Å². The normalized spacial score (nSPS) is 11.1. The van der Waals surface area contributed by atoms with E-state index in [2.05, 4.69) is 4.72 Å². The number of hydrogen-bond acceptors (Lipinski definition) is 3. The van der Waals surface area contributed by atoms with Crippen molar-refractivity contribution in [2.45, 2.75) is 18.4 Å². The molecule has 3 aromatic rings. The molecule has 0 atom stereocenters. The van der Waals surface area contributed by atoms with Gasteiger partial charge >= 0.3 is 0 Å². The van der Waals surface area contributed by atoms with Gasteiger partial charge in [0.1, 0.15) is 0 Å². The Morgan fingerprint density at radius 2 is 1.59 bits per heavy atom. The lowest BCUT2D eigenvalue weighted by Crippen LogP contribution is -2.27. The van der Waals surface area contributed by atoms with Crippen LogP contribution in [0.25, 0.3) is 0 Å². The minimum absolute atomic E-state index is 0.139. The van der Waals surface area contributed by atoms with E-state index in [1.165, 1.54) is 17.0 Å². The van der Waals surface area contributed by atoms with Crippen LogP contribution in [-0.4, -0.2) is 26.3 Å². The second-order valence-corrected chi connectivity index (χ2v) is 8.87. The van der Waals surface area contributed by atoms with Crippen LogP contribution < -0.4 is 4.72 Å². The van der Waals surface area contributed by atoms with E-state index in [0.717, 1.165) is 11.1 Å². The number of amides is 1. The van der Waals surface area contributed by atoms with Gasteiger partial charge in [-0.1, -0.05) is 53.6 Å². The second kappa shape index (κ2) is 8.68. The summed E-state index contributed by atoms with van der Waals surface area (Å²) in [6.07, 6.45) is 0. The molecule has 0 heterocycles. The molecule has 5 nitrogen and oxygen atoms in total. The largest absolute Gasteiger partial charge is 0.337 e. The Kier molecular flexibility index (Phi) is 6.25. The van der Waals surface area contributed by atoms with Crippen molar-refractivity contribution in [3.8, 4) is 0 Å². The Bertz CT molecular complexity index is 1110. The van der Waals surface area contributed by atoms with E-state index in [1.54, 1.807) is 55.6 Å². The van der Waals surface area contributed by atoms with E-state index in [1.807, 2.05) is 19.1 Å². The number of carbonyl (C=O) groups is 1. The van der Waals surface area contributed by atoms with Gasteiger partial charge in [0, 0.05) is 18.6 Å². The van der Waals surface area contributed by atoms with Crippen molar-refractivity contribution in [2.75, 3.05) is 11.8 Å². The van der Waals surface area contributed by atoms with Gasteiger partial charge in [0.15, 0.2) is 0 Å². The molecule has 0 spiro atoms. The fourth-order valence-electron chi connectivity index (χ4n) is 2.82. The molecule has 0 radical (unpaired) electrons. The summed E-state index contributed by atoms with van der Waals surface area (Å²) in [4.78, 5) is 14.6. The summed E-state index contributed by atoms with van der Waals surface area (Å²) in [6, 6.07) is 20.3. The van der Waals surface area contributed by atoms with Gasteiger partial charge in [-0.3, -0.25) is 9.52 Å². The number of nitrogens with zero attached hydrogens (tertiary/aromatic N) is 1. The van der Waals surface area contributed by atoms with Crippen molar-refractivity contribution in [3.05, 3.63) is 94.5 Å². The van der Waals surface area contributed by atoms with E-state index < -0.39 is 10.0 Å². The first-order chi connectivity index (χ1) is 13.8. The molecule has 0 bridgehead atoms. The van der Waals surface area contributed by atoms with Crippen molar-refractivity contribution in [2.24, 2.45) is 0 Å². The maximum absolute atomic E-state index is 13.0. The van der Waals surface area contributed by atoms with Crippen LogP contribution >= 0.6 is 11.6 Å². The zero-order chi connectivity index (χ0) is 21.0. The molecular weight excluding hydrogens is 408 g/mol. The van der Waals surface area contributed by atoms with E-state index in [4.69, 9.17) is 11.6 Å². The van der Waals surface area contributed by atoms with Gasteiger partial charge < -0.3 is 4.90 Å². The highest BCUT2D eigenvalue weighted by molar-refractivity contribution is 7.92. The standard InChI is InChI=1S/C22H21ClN2O3S/c1-16-7-13-19(14-8-16)29(27,28)24-21-6-4-3-5-20(21)22(26)25(2)15-17-9-11-18(23)12-10-17/h3-14,24H,15H2,1-2H3. The maximum Gasteiger partial charge on any atom is 0.261 e. The van der Waals surface area contributed by atoms with Gasteiger partial charge in [-0.05, 0) is 48.9 Å². The lowest BCUT2D eigenvalue weighted by Gasteiger charge is -2.20. The smallest absolute Gasteiger partial charge is 0.261 e. The Balaban J connectivity index is 1.83. The lowest BCUT2D eigenvalue weighted by molar-refractivity contribution is 0.0786. The monoisotopic (exact) mass is 428 g/mol. The van der Waals surface area contributed by atoms with Crippen LogP contribution in [0.5, 0.6) is 0 Å². The topological polar surface area (TPSA) is 66.5 Å². The Morgan fingerprint density at radius 3 is 2.24 bits per heavy atom. The molecule has 7 heteroatoms. The number of aryl methyl sites for hydroxylation is 1. The van der Waals surface area contributed by atoms with E-state index >= 15 is 0 Å². The molecular formula is C22H21ClN2O3S. The molecule has 1 N–H and O–H groups in total. The van der Waals surface area contributed by atoms with Crippen LogP contribution in [0, 0.1) is 6.92 Å². The molecule has 0 aromatic heterocycles. The third-order valence-corrected chi connectivity index (χ3v) is 6.05. The lowest BCUT2D eigenvalue weighted by atomic mass is 10.1. The number of sulfonamides is 1. The minimum Gasteiger partial charge on any atom is -0.337 e. The number of anilines is 1. The number of nitrogens with one attached hydrogen (secondary N) is 1. The van der Waals surface area contributed by atoms with Gasteiger partial charge in [0.25, 0.3) is 15.9 Å². The summed E-state index contributed by atoms with van der Waals surface area (Å²) in [5, 5.41) is 0.624. The van der Waals surface area contributed by atoms with Gasteiger partial charge in [0.05, 0.1) is 16.1 Å². The zero-order valence-electron chi connectivity index (χ0n) is 16.1. The minimum atomic E-state index is -3.81. The van der Waals surface area contributed by atoms with Crippen molar-refractivity contribution in [3.63, 3.8) is 0 Å². The summed E-state index contributed by atoms with van der Waals surface area (Å²) >= 11 is 5.90. The summed E-state index contributed by atoms with van der Waals surface area (Å²) in [5.74, 6) is -0.290. The van der Waals surface area contributed by atoms with Gasteiger partial charge in [-0.25, -0.2) is 8.42 Å². The van der Waals surface area contributed by atoms with Gasteiger partial charge in [-0.15, -0.1) is 0 Å². The molecule has 0 saturated heterocycles. The SMILES string of the molecule is Cc1ccc(S(=O)(=O)Nc2ccccc2C(=O)N(C)Cc2ccc(Cl)cc2)cc1. The third-order valence-electron chi connectivity index (χ3n) is 4.41. The predicted molar refractivity (Wildman–Crippen MR) is 116 cm³/mol. The average Bonchev–Trinajstić information content (AvgIpc) is 2.69. The first-order valence-corrected chi connectivity index (χ1v) is 10.8. The van der Waals surface area contributed by atoms with Crippen LogP contribution in [0.1, 0.15) is 21.5 Å². The summed E-state index contributed by atoms with van der Waals surface area (Å²) in [6.45, 7) is 2.25. The van der Waals surface area contributed by atoms with Crippen molar-refractivity contribution in [1.29, 1.82) is 0 Å². The molecule has 0 saturated carbocycles. The number of para-hydroxylation sites is 1. The highest BCUT2D eigenvalue weighted by atomic mass is 35.5.